The van der Waals surface area contributed by atoms with Gasteiger partial charge in [-0.3, -0.25) is 4.48 Å². The van der Waals surface area contributed by atoms with Gasteiger partial charge >= 0.3 is 5.97 Å². The Hall–Kier alpha value is -0.580. The van der Waals surface area contributed by atoms with Crippen molar-refractivity contribution in [3.8, 4) is 0 Å². The highest BCUT2D eigenvalue weighted by molar-refractivity contribution is 5.87. The predicted octanol–water partition coefficient (Wildman–Crippen LogP) is -2.48. The molecule has 0 heterocycles. The second kappa shape index (κ2) is 6.10. The molecule has 0 radical (unpaired) electrons. The zero-order chi connectivity index (χ0) is 11.5. The molecule has 2 atom stereocenters. The van der Waals surface area contributed by atoms with E-state index in [1.54, 1.807) is 13.8 Å². The second-order valence-electron chi connectivity index (χ2n) is 4.43. The van der Waals surface area contributed by atoms with Crippen LogP contribution in [0.4, 0.5) is 0 Å². The van der Waals surface area contributed by atoms with Crippen molar-refractivity contribution in [3.63, 3.8) is 0 Å². The third kappa shape index (κ3) is 5.77. The predicted molar refractivity (Wildman–Crippen MR) is 54.4 cm³/mol. The molecule has 0 aliphatic heterocycles. The van der Waals surface area contributed by atoms with Crippen LogP contribution in [0.1, 0.15) is 13.8 Å². The lowest BCUT2D eigenvalue weighted by molar-refractivity contribution is -0.920. The van der Waals surface area contributed by atoms with Crippen molar-refractivity contribution in [2.75, 3.05) is 21.1 Å². The lowest BCUT2D eigenvalue weighted by Gasteiger charge is -2.34. The molecule has 0 aromatic carbocycles. The number of aliphatic hydroxyl groups excluding tert-OH is 1. The van der Waals surface area contributed by atoms with Gasteiger partial charge in [0.05, 0.1) is 21.1 Å². The molecule has 0 saturated heterocycles. The van der Waals surface area contributed by atoms with Gasteiger partial charge in [0.1, 0.15) is 6.10 Å². The van der Waals surface area contributed by atoms with Crippen molar-refractivity contribution in [2.45, 2.75) is 26.2 Å². The summed E-state index contributed by atoms with van der Waals surface area (Å²) in [6, 6.07) is 0. The average Bonchev–Trinajstić information content (AvgIpc) is 1.96. The van der Waals surface area contributed by atoms with Crippen molar-refractivity contribution in [3.05, 3.63) is 12.2 Å². The summed E-state index contributed by atoms with van der Waals surface area (Å²) in [6.07, 6.45) is -1.28. The Labute approximate surface area is 97.5 Å². The molecule has 0 amide bonds. The minimum Gasteiger partial charge on any atom is -1.00 e. The van der Waals surface area contributed by atoms with E-state index in [0.29, 0.717) is 10.1 Å². The Morgan fingerprint density at radius 1 is 1.40 bits per heavy atom. The molecule has 4 nitrogen and oxygen atoms in total. The number of quaternary nitrogens is 1. The molecule has 1 N–H and O–H groups in total. The summed E-state index contributed by atoms with van der Waals surface area (Å²) in [4.78, 5) is 11.3. The van der Waals surface area contributed by atoms with E-state index in [2.05, 4.69) is 6.58 Å². The zero-order valence-corrected chi connectivity index (χ0v) is 10.7. The maximum atomic E-state index is 11.3. The maximum Gasteiger partial charge on any atom is 0.337 e. The molecule has 0 aliphatic carbocycles. The molecule has 2 unspecified atom stereocenters. The van der Waals surface area contributed by atoms with Crippen LogP contribution in [0.5, 0.6) is 0 Å². The van der Waals surface area contributed by atoms with Gasteiger partial charge in [-0.25, -0.2) is 4.79 Å². The largest absolute Gasteiger partial charge is 1.00 e. The number of halogens is 1. The number of nitrogens with zero attached hydrogens (tertiary/aromatic N) is 1. The van der Waals surface area contributed by atoms with E-state index in [0.717, 1.165) is 0 Å². The minimum atomic E-state index is -0.710. The number of carbonyl (C=O) groups is 1. The van der Waals surface area contributed by atoms with Crippen LogP contribution < -0.4 is 12.4 Å². The number of ether oxygens (including phenoxy) is 1. The van der Waals surface area contributed by atoms with E-state index < -0.39 is 18.3 Å². The van der Waals surface area contributed by atoms with Crippen LogP contribution in [0.3, 0.4) is 0 Å². The summed E-state index contributed by atoms with van der Waals surface area (Å²) in [5.41, 5.74) is 0.337. The van der Waals surface area contributed by atoms with Gasteiger partial charge in [0, 0.05) is 5.57 Å². The summed E-state index contributed by atoms with van der Waals surface area (Å²) in [5.74, 6) is -0.469. The molecule has 5 heteroatoms. The molecule has 0 rings (SSSR count). The van der Waals surface area contributed by atoms with E-state index in [1.165, 1.54) is 0 Å². The highest BCUT2D eigenvalue weighted by Gasteiger charge is 2.32. The highest BCUT2D eigenvalue weighted by atomic mass is 35.5. The van der Waals surface area contributed by atoms with E-state index in [9.17, 15) is 9.90 Å². The van der Waals surface area contributed by atoms with Crippen molar-refractivity contribution < 1.29 is 31.5 Å². The van der Waals surface area contributed by atoms with Gasteiger partial charge in [-0.1, -0.05) is 6.58 Å². The lowest BCUT2D eigenvalue weighted by Crippen LogP contribution is -3.00. The molecular weight excluding hydrogens is 218 g/mol. The topological polar surface area (TPSA) is 46.5 Å². The van der Waals surface area contributed by atoms with Gasteiger partial charge in [-0.05, 0) is 13.8 Å². The lowest BCUT2D eigenvalue weighted by atomic mass is 10.3. The molecule has 0 fully saturated rings. The summed E-state index contributed by atoms with van der Waals surface area (Å²) in [7, 11) is 5.55. The number of aliphatic hydroxyl groups is 1. The van der Waals surface area contributed by atoms with Crippen LogP contribution in [0.2, 0.25) is 0 Å². The SMILES string of the molecule is C=C(C)C(=O)OC(C(C)O)[N+](C)(C)C.[Cl-]. The van der Waals surface area contributed by atoms with Crippen LogP contribution in [0.25, 0.3) is 0 Å². The quantitative estimate of drug-likeness (QED) is 0.255. The first-order valence-electron chi connectivity index (χ1n) is 4.52. The van der Waals surface area contributed by atoms with Crippen molar-refractivity contribution in [2.24, 2.45) is 0 Å². The smallest absolute Gasteiger partial charge is 0.337 e. The first-order chi connectivity index (χ1) is 6.16. The Kier molecular flexibility index (Phi) is 6.85. The normalized spacial score (nSPS) is 14.8. The van der Waals surface area contributed by atoms with Crippen LogP contribution in [-0.2, 0) is 9.53 Å². The van der Waals surface area contributed by atoms with Gasteiger partial charge in [-0.15, -0.1) is 0 Å². The summed E-state index contributed by atoms with van der Waals surface area (Å²) in [5, 5.41) is 9.46. The molecule has 15 heavy (non-hydrogen) atoms. The van der Waals surface area contributed by atoms with Gasteiger partial charge < -0.3 is 22.3 Å². The van der Waals surface area contributed by atoms with Gasteiger partial charge in [0.2, 0.25) is 0 Å². The van der Waals surface area contributed by atoms with Crippen molar-refractivity contribution >= 4 is 5.97 Å². The average molecular weight is 238 g/mol. The summed E-state index contributed by atoms with van der Waals surface area (Å²) < 4.78 is 5.48. The molecule has 0 saturated carbocycles. The molecule has 0 bridgehead atoms. The van der Waals surface area contributed by atoms with Crippen molar-refractivity contribution in [1.82, 2.24) is 0 Å². The summed E-state index contributed by atoms with van der Waals surface area (Å²) >= 11 is 0. The van der Waals surface area contributed by atoms with Gasteiger partial charge in [0.25, 0.3) is 6.23 Å². The number of hydrogen-bond acceptors (Lipinski definition) is 3. The van der Waals surface area contributed by atoms with E-state index in [1.807, 2.05) is 21.1 Å². The van der Waals surface area contributed by atoms with Crippen molar-refractivity contribution in [1.29, 1.82) is 0 Å². The fourth-order valence-electron chi connectivity index (χ4n) is 1.11. The second-order valence-corrected chi connectivity index (χ2v) is 4.43. The first kappa shape index (κ1) is 16.8. The van der Waals surface area contributed by atoms with Crippen LogP contribution in [0.15, 0.2) is 12.2 Å². The Morgan fingerprint density at radius 3 is 2.00 bits per heavy atom. The van der Waals surface area contributed by atoms with Crippen LogP contribution in [0, 0.1) is 0 Å². The third-order valence-electron chi connectivity index (χ3n) is 1.75. The molecule has 0 aromatic rings. The third-order valence-corrected chi connectivity index (χ3v) is 1.75. The molecule has 0 aliphatic rings. The van der Waals surface area contributed by atoms with Gasteiger partial charge in [-0.2, -0.15) is 0 Å². The maximum absolute atomic E-state index is 11.3. The first-order valence-corrected chi connectivity index (χ1v) is 4.52. The summed E-state index contributed by atoms with van der Waals surface area (Å²) in [6.45, 7) is 6.66. The molecule has 0 spiro atoms. The Morgan fingerprint density at radius 2 is 1.80 bits per heavy atom. The molecular formula is C10H20ClNO3. The fraction of sp³-hybridized carbons (Fsp3) is 0.700. The highest BCUT2D eigenvalue weighted by Crippen LogP contribution is 2.11. The minimum absolute atomic E-state index is 0. The number of esters is 1. The Bertz CT molecular complexity index is 233. The molecule has 90 valence electrons. The van der Waals surface area contributed by atoms with Gasteiger partial charge in [0.15, 0.2) is 0 Å². The standard InChI is InChI=1S/C10H20NO3.ClH/c1-7(2)10(13)14-9(8(3)12)11(4,5)6;/h8-9,12H,1H2,2-6H3;1H/q+1;/p-1. The van der Waals surface area contributed by atoms with Crippen LogP contribution >= 0.6 is 0 Å². The zero-order valence-electron chi connectivity index (χ0n) is 9.95. The van der Waals surface area contributed by atoms with Crippen LogP contribution in [-0.4, -0.2) is 49.0 Å². The number of rotatable bonds is 4. The Balaban J connectivity index is 0. The monoisotopic (exact) mass is 237 g/mol. The fourth-order valence-corrected chi connectivity index (χ4v) is 1.11. The van der Waals surface area contributed by atoms with E-state index in [-0.39, 0.29) is 12.4 Å². The molecule has 0 aromatic heterocycles. The number of likely N-dealkylation sites (N-methyl/N-ethyl adjacent to an activating group) is 1. The van der Waals surface area contributed by atoms with E-state index >= 15 is 0 Å². The number of carbonyl (C=O) groups excluding carboxylic acids is 1. The number of hydrogen-bond donors (Lipinski definition) is 1. The van der Waals surface area contributed by atoms with E-state index in [4.69, 9.17) is 4.74 Å².